The number of nitrogens with zero attached hydrogens (tertiary/aromatic N) is 5. The Kier molecular flexibility index (Phi) is 3.45. The van der Waals surface area contributed by atoms with E-state index in [0.29, 0.717) is 18.0 Å². The summed E-state index contributed by atoms with van der Waals surface area (Å²) in [4.78, 5) is 8.27. The molecule has 1 N–H and O–H groups in total. The van der Waals surface area contributed by atoms with Gasteiger partial charge in [-0.3, -0.25) is 0 Å². The fraction of sp³-hybridized carbons (Fsp3) is 0.118. The second-order valence-corrected chi connectivity index (χ2v) is 5.46. The summed E-state index contributed by atoms with van der Waals surface area (Å²) in [6.45, 7) is 0.594. The summed E-state index contributed by atoms with van der Waals surface area (Å²) >= 11 is 0. The lowest BCUT2D eigenvalue weighted by Gasteiger charge is -2.07. The minimum Gasteiger partial charge on any atom is -0.352 e. The van der Waals surface area contributed by atoms with Crippen molar-refractivity contribution in [3.63, 3.8) is 0 Å². The number of nitrogens with one attached hydrogen (secondary N) is 1. The van der Waals surface area contributed by atoms with E-state index in [2.05, 4.69) is 20.4 Å². The molecule has 0 saturated heterocycles. The van der Waals surface area contributed by atoms with E-state index < -0.39 is 0 Å². The lowest BCUT2D eigenvalue weighted by atomic mass is 10.2. The normalized spacial score (nSPS) is 11.1. The third-order valence-corrected chi connectivity index (χ3v) is 3.93. The maximum absolute atomic E-state index is 13.8. The molecular weight excluding hydrogens is 307 g/mol. The van der Waals surface area contributed by atoms with Crippen molar-refractivity contribution in [1.82, 2.24) is 24.3 Å². The van der Waals surface area contributed by atoms with E-state index >= 15 is 0 Å². The Morgan fingerprint density at radius 1 is 1.12 bits per heavy atom. The predicted octanol–water partition coefficient (Wildman–Crippen LogP) is 2.91. The number of rotatable bonds is 4. The molecule has 6 nitrogen and oxygen atoms in total. The first-order chi connectivity index (χ1) is 11.7. The Morgan fingerprint density at radius 2 is 1.96 bits per heavy atom. The van der Waals surface area contributed by atoms with E-state index in [1.807, 2.05) is 41.9 Å². The number of aryl methyl sites for hydroxylation is 1. The van der Waals surface area contributed by atoms with E-state index in [0.717, 1.165) is 16.8 Å². The number of fused-ring (bicyclic) bond motifs is 1. The van der Waals surface area contributed by atoms with Crippen LogP contribution in [0.2, 0.25) is 0 Å². The molecule has 0 aliphatic carbocycles. The summed E-state index contributed by atoms with van der Waals surface area (Å²) in [6.07, 6.45) is 3.15. The van der Waals surface area contributed by atoms with Gasteiger partial charge in [-0.2, -0.15) is 5.10 Å². The lowest BCUT2D eigenvalue weighted by Crippen LogP contribution is -2.05. The summed E-state index contributed by atoms with van der Waals surface area (Å²) in [7, 11) is 1.87. The highest BCUT2D eigenvalue weighted by Gasteiger charge is 2.10. The molecule has 0 saturated carbocycles. The van der Waals surface area contributed by atoms with Gasteiger partial charge in [-0.15, -0.1) is 0 Å². The van der Waals surface area contributed by atoms with Crippen molar-refractivity contribution in [1.29, 1.82) is 0 Å². The minimum atomic E-state index is -0.312. The van der Waals surface area contributed by atoms with Gasteiger partial charge in [-0.1, -0.05) is 18.2 Å². The lowest BCUT2D eigenvalue weighted by molar-refractivity contribution is 0.637. The molecule has 120 valence electrons. The highest BCUT2D eigenvalue weighted by molar-refractivity contribution is 5.79. The highest BCUT2D eigenvalue weighted by atomic mass is 19.1. The van der Waals surface area contributed by atoms with Crippen molar-refractivity contribution in [3.8, 4) is 5.69 Å². The van der Waals surface area contributed by atoms with Crippen LogP contribution in [-0.2, 0) is 13.6 Å². The number of imidazole rings is 1. The quantitative estimate of drug-likeness (QED) is 0.627. The number of hydrogen-bond donors (Lipinski definition) is 1. The van der Waals surface area contributed by atoms with E-state index in [-0.39, 0.29) is 5.82 Å². The molecule has 0 bridgehead atoms. The van der Waals surface area contributed by atoms with Crippen molar-refractivity contribution in [2.75, 3.05) is 5.32 Å². The first-order valence-corrected chi connectivity index (χ1v) is 7.51. The minimum absolute atomic E-state index is 0.312. The summed E-state index contributed by atoms with van der Waals surface area (Å²) in [6, 6.07) is 12.9. The smallest absolute Gasteiger partial charge is 0.203 e. The standard InChI is InChI=1S/C17H15FN6/c1-23-15-4-2-3-14(18)16(15)22-17(23)20-9-12-5-7-13(8-6-12)24-11-19-10-21-24/h2-8,10-11H,9H2,1H3,(H,20,22). The Hall–Kier alpha value is -3.22. The zero-order valence-corrected chi connectivity index (χ0v) is 13.0. The number of anilines is 1. The van der Waals surface area contributed by atoms with Gasteiger partial charge in [0.1, 0.15) is 18.2 Å². The third kappa shape index (κ3) is 2.50. The zero-order valence-electron chi connectivity index (χ0n) is 13.0. The molecule has 0 radical (unpaired) electrons. The van der Waals surface area contributed by atoms with Gasteiger partial charge >= 0.3 is 0 Å². The first kappa shape index (κ1) is 14.4. The van der Waals surface area contributed by atoms with Crippen LogP contribution in [0.1, 0.15) is 5.56 Å². The molecule has 4 rings (SSSR count). The zero-order chi connectivity index (χ0) is 16.5. The van der Waals surface area contributed by atoms with Crippen molar-refractivity contribution < 1.29 is 4.39 Å². The molecule has 0 amide bonds. The Morgan fingerprint density at radius 3 is 2.67 bits per heavy atom. The van der Waals surface area contributed by atoms with E-state index in [1.54, 1.807) is 17.1 Å². The van der Waals surface area contributed by atoms with E-state index in [4.69, 9.17) is 0 Å². The Bertz CT molecular complexity index is 972. The van der Waals surface area contributed by atoms with Gasteiger partial charge in [0.2, 0.25) is 5.95 Å². The fourth-order valence-electron chi connectivity index (χ4n) is 2.63. The number of hydrogen-bond acceptors (Lipinski definition) is 4. The average Bonchev–Trinajstić information content (AvgIpc) is 3.24. The van der Waals surface area contributed by atoms with E-state index in [9.17, 15) is 4.39 Å². The molecule has 0 spiro atoms. The maximum atomic E-state index is 13.8. The summed E-state index contributed by atoms with van der Waals surface area (Å²) < 4.78 is 17.4. The van der Waals surface area contributed by atoms with Gasteiger partial charge in [0.15, 0.2) is 5.82 Å². The van der Waals surface area contributed by atoms with Gasteiger partial charge in [-0.25, -0.2) is 19.0 Å². The highest BCUT2D eigenvalue weighted by Crippen LogP contribution is 2.21. The van der Waals surface area contributed by atoms with Crippen molar-refractivity contribution in [2.24, 2.45) is 7.05 Å². The molecule has 7 heteroatoms. The second kappa shape index (κ2) is 5.77. The van der Waals surface area contributed by atoms with Crippen molar-refractivity contribution in [2.45, 2.75) is 6.54 Å². The number of benzene rings is 2. The molecular formula is C17H15FN6. The van der Waals surface area contributed by atoms with Crippen LogP contribution in [0, 0.1) is 5.82 Å². The van der Waals surface area contributed by atoms with Crippen LogP contribution in [0.4, 0.5) is 10.3 Å². The van der Waals surface area contributed by atoms with Crippen LogP contribution in [0.15, 0.2) is 55.1 Å². The predicted molar refractivity (Wildman–Crippen MR) is 89.4 cm³/mol. The van der Waals surface area contributed by atoms with Crippen LogP contribution in [0.5, 0.6) is 0 Å². The topological polar surface area (TPSA) is 60.6 Å². The Labute approximate surface area is 137 Å². The first-order valence-electron chi connectivity index (χ1n) is 7.51. The van der Waals surface area contributed by atoms with Gasteiger partial charge in [0.05, 0.1) is 11.2 Å². The van der Waals surface area contributed by atoms with Crippen LogP contribution >= 0.6 is 0 Å². The van der Waals surface area contributed by atoms with Crippen LogP contribution in [-0.4, -0.2) is 24.3 Å². The van der Waals surface area contributed by atoms with Gasteiger partial charge < -0.3 is 9.88 Å². The number of aromatic nitrogens is 5. The molecule has 24 heavy (non-hydrogen) atoms. The van der Waals surface area contributed by atoms with Crippen LogP contribution in [0.25, 0.3) is 16.7 Å². The van der Waals surface area contributed by atoms with Crippen molar-refractivity contribution in [3.05, 3.63) is 66.5 Å². The molecule has 2 heterocycles. The molecule has 0 aliphatic heterocycles. The molecule has 0 atom stereocenters. The van der Waals surface area contributed by atoms with Crippen molar-refractivity contribution >= 4 is 17.0 Å². The average molecular weight is 322 g/mol. The fourth-order valence-corrected chi connectivity index (χ4v) is 2.63. The van der Waals surface area contributed by atoms with E-state index in [1.165, 1.54) is 12.4 Å². The van der Waals surface area contributed by atoms with Gasteiger partial charge in [0, 0.05) is 13.6 Å². The molecule has 2 aromatic heterocycles. The molecule has 0 fully saturated rings. The maximum Gasteiger partial charge on any atom is 0.203 e. The third-order valence-electron chi connectivity index (χ3n) is 3.93. The molecule has 0 aliphatic rings. The summed E-state index contributed by atoms with van der Waals surface area (Å²) in [5.74, 6) is 0.323. The summed E-state index contributed by atoms with van der Waals surface area (Å²) in [5.41, 5.74) is 3.18. The van der Waals surface area contributed by atoms with Crippen LogP contribution in [0.3, 0.4) is 0 Å². The molecule has 4 aromatic rings. The second-order valence-electron chi connectivity index (χ2n) is 5.46. The molecule has 0 unspecified atom stereocenters. The SMILES string of the molecule is Cn1c(NCc2ccc(-n3cncn3)cc2)nc2c(F)cccc21. The monoisotopic (exact) mass is 322 g/mol. The van der Waals surface area contributed by atoms with Crippen LogP contribution < -0.4 is 5.32 Å². The van der Waals surface area contributed by atoms with Gasteiger partial charge in [-0.05, 0) is 29.8 Å². The Balaban J connectivity index is 1.53. The number of halogens is 1. The largest absolute Gasteiger partial charge is 0.352 e. The molecule has 2 aromatic carbocycles. The van der Waals surface area contributed by atoms with Gasteiger partial charge in [0.25, 0.3) is 0 Å². The summed E-state index contributed by atoms with van der Waals surface area (Å²) in [5, 5.41) is 7.35. The number of para-hydroxylation sites is 1.